The Morgan fingerprint density at radius 1 is 1.35 bits per heavy atom. The first-order valence-electron chi connectivity index (χ1n) is 6.63. The van der Waals surface area contributed by atoms with Gasteiger partial charge in [-0.05, 0) is 23.8 Å². The van der Waals surface area contributed by atoms with Crippen molar-refractivity contribution >= 4 is 17.3 Å². The molecule has 0 spiro atoms. The van der Waals surface area contributed by atoms with Crippen LogP contribution in [0.15, 0.2) is 12.1 Å². The molecule has 0 aliphatic heterocycles. The van der Waals surface area contributed by atoms with E-state index in [9.17, 15) is 13.6 Å². The zero-order valence-electron chi connectivity index (χ0n) is 12.4. The zero-order valence-corrected chi connectivity index (χ0v) is 12.4. The number of benzene rings is 1. The lowest BCUT2D eigenvalue weighted by Crippen LogP contribution is -2.20. The van der Waals surface area contributed by atoms with Crippen molar-refractivity contribution in [2.45, 2.75) is 40.5 Å². The SMILES string of the molecule is CC(CC(=O)Nc1c(N)cc(F)cc1F)CC(C)(C)C. The molecule has 20 heavy (non-hydrogen) atoms. The molecular weight excluding hydrogens is 262 g/mol. The number of hydrogen-bond donors (Lipinski definition) is 2. The third-order valence-electron chi connectivity index (χ3n) is 2.84. The molecular formula is C15H22F2N2O. The molecule has 1 amide bonds. The monoisotopic (exact) mass is 284 g/mol. The average Bonchev–Trinajstić information content (AvgIpc) is 2.20. The van der Waals surface area contributed by atoms with Crippen LogP contribution in [0, 0.1) is 23.0 Å². The Bertz CT molecular complexity index is 472. The van der Waals surface area contributed by atoms with E-state index in [1.165, 1.54) is 0 Å². The normalized spacial score (nSPS) is 13.1. The minimum absolute atomic E-state index is 0.112. The molecule has 0 bridgehead atoms. The fraction of sp³-hybridized carbons (Fsp3) is 0.533. The fourth-order valence-corrected chi connectivity index (χ4v) is 2.35. The molecule has 3 N–H and O–H groups in total. The van der Waals surface area contributed by atoms with Crippen LogP contribution in [0.5, 0.6) is 0 Å². The summed E-state index contributed by atoms with van der Waals surface area (Å²) < 4.78 is 26.5. The standard InChI is InChI=1S/C15H22F2N2O/c1-9(8-15(2,3)4)5-13(20)19-14-11(17)6-10(16)7-12(14)18/h6-7,9H,5,8,18H2,1-4H3,(H,19,20). The van der Waals surface area contributed by atoms with Gasteiger partial charge in [-0.1, -0.05) is 27.7 Å². The van der Waals surface area contributed by atoms with Gasteiger partial charge in [0.05, 0.1) is 5.69 Å². The van der Waals surface area contributed by atoms with Gasteiger partial charge >= 0.3 is 0 Å². The average molecular weight is 284 g/mol. The summed E-state index contributed by atoms with van der Waals surface area (Å²) in [5.41, 5.74) is 5.37. The molecule has 1 aromatic carbocycles. The molecule has 3 nitrogen and oxygen atoms in total. The number of nitrogens with one attached hydrogen (secondary N) is 1. The number of amides is 1. The second-order valence-corrected chi connectivity index (χ2v) is 6.47. The number of nitrogens with two attached hydrogens (primary N) is 1. The number of hydrogen-bond acceptors (Lipinski definition) is 2. The first kappa shape index (κ1) is 16.4. The molecule has 1 rings (SSSR count). The Morgan fingerprint density at radius 3 is 2.45 bits per heavy atom. The molecule has 0 saturated heterocycles. The highest BCUT2D eigenvalue weighted by atomic mass is 19.1. The van der Waals surface area contributed by atoms with Crippen LogP contribution in [0.3, 0.4) is 0 Å². The van der Waals surface area contributed by atoms with E-state index < -0.39 is 11.6 Å². The minimum Gasteiger partial charge on any atom is -0.397 e. The van der Waals surface area contributed by atoms with E-state index >= 15 is 0 Å². The van der Waals surface area contributed by atoms with E-state index in [1.54, 1.807) is 0 Å². The summed E-state index contributed by atoms with van der Waals surface area (Å²) in [6.45, 7) is 8.26. The van der Waals surface area contributed by atoms with Crippen LogP contribution in [0.1, 0.15) is 40.5 Å². The van der Waals surface area contributed by atoms with Crippen LogP contribution < -0.4 is 11.1 Å². The Labute approximate surface area is 118 Å². The first-order valence-corrected chi connectivity index (χ1v) is 6.63. The molecule has 0 saturated carbocycles. The Balaban J connectivity index is 2.68. The second kappa shape index (κ2) is 6.20. The van der Waals surface area contributed by atoms with Gasteiger partial charge in [0.15, 0.2) is 5.82 Å². The number of anilines is 2. The summed E-state index contributed by atoms with van der Waals surface area (Å²) in [5.74, 6) is -1.78. The lowest BCUT2D eigenvalue weighted by molar-refractivity contribution is -0.117. The summed E-state index contributed by atoms with van der Waals surface area (Å²) in [6, 6.07) is 1.68. The summed E-state index contributed by atoms with van der Waals surface area (Å²) >= 11 is 0. The minimum atomic E-state index is -0.862. The van der Waals surface area contributed by atoms with E-state index in [2.05, 4.69) is 26.1 Å². The summed E-state index contributed by atoms with van der Waals surface area (Å²) in [6.07, 6.45) is 1.15. The lowest BCUT2D eigenvalue weighted by atomic mass is 9.84. The molecule has 1 aromatic rings. The highest BCUT2D eigenvalue weighted by Crippen LogP contribution is 2.27. The van der Waals surface area contributed by atoms with E-state index in [-0.39, 0.29) is 35.0 Å². The van der Waals surface area contributed by atoms with Gasteiger partial charge in [-0.15, -0.1) is 0 Å². The number of rotatable bonds is 4. The molecule has 0 aliphatic rings. The van der Waals surface area contributed by atoms with Crippen molar-refractivity contribution in [1.82, 2.24) is 0 Å². The van der Waals surface area contributed by atoms with Gasteiger partial charge in [-0.3, -0.25) is 4.79 Å². The van der Waals surface area contributed by atoms with Gasteiger partial charge in [0.1, 0.15) is 11.5 Å². The van der Waals surface area contributed by atoms with E-state index in [1.807, 2.05) is 6.92 Å². The van der Waals surface area contributed by atoms with Crippen molar-refractivity contribution in [3.05, 3.63) is 23.8 Å². The largest absolute Gasteiger partial charge is 0.397 e. The Kier molecular flexibility index (Phi) is 5.09. The summed E-state index contributed by atoms with van der Waals surface area (Å²) in [7, 11) is 0. The molecule has 5 heteroatoms. The summed E-state index contributed by atoms with van der Waals surface area (Å²) in [4.78, 5) is 11.9. The third kappa shape index (κ3) is 5.15. The number of nitrogen functional groups attached to an aromatic ring is 1. The summed E-state index contributed by atoms with van der Waals surface area (Å²) in [5, 5.41) is 2.42. The second-order valence-electron chi connectivity index (χ2n) is 6.47. The van der Waals surface area contributed by atoms with Crippen LogP contribution in [0.25, 0.3) is 0 Å². The molecule has 0 fully saturated rings. The highest BCUT2D eigenvalue weighted by molar-refractivity contribution is 5.94. The smallest absolute Gasteiger partial charge is 0.224 e. The van der Waals surface area contributed by atoms with Crippen molar-refractivity contribution < 1.29 is 13.6 Å². The first-order chi connectivity index (χ1) is 9.08. The van der Waals surface area contributed by atoms with E-state index in [0.717, 1.165) is 12.5 Å². The van der Waals surface area contributed by atoms with Crippen molar-refractivity contribution in [3.8, 4) is 0 Å². The van der Waals surface area contributed by atoms with Crippen LogP contribution in [0.2, 0.25) is 0 Å². The predicted octanol–water partition coefficient (Wildman–Crippen LogP) is 3.95. The van der Waals surface area contributed by atoms with E-state index in [4.69, 9.17) is 5.73 Å². The van der Waals surface area contributed by atoms with Crippen LogP contribution in [-0.4, -0.2) is 5.91 Å². The molecule has 1 atom stereocenters. The maximum absolute atomic E-state index is 13.5. The molecule has 0 radical (unpaired) electrons. The number of carbonyl (C=O) groups excluding carboxylic acids is 1. The van der Waals surface area contributed by atoms with Crippen molar-refractivity contribution in [3.63, 3.8) is 0 Å². The van der Waals surface area contributed by atoms with Gasteiger partial charge in [0, 0.05) is 12.5 Å². The maximum Gasteiger partial charge on any atom is 0.224 e. The van der Waals surface area contributed by atoms with Crippen molar-refractivity contribution in [2.75, 3.05) is 11.1 Å². The molecule has 0 aromatic heterocycles. The van der Waals surface area contributed by atoms with Gasteiger partial charge in [-0.25, -0.2) is 8.78 Å². The Morgan fingerprint density at radius 2 is 1.95 bits per heavy atom. The van der Waals surface area contributed by atoms with E-state index in [0.29, 0.717) is 6.07 Å². The topological polar surface area (TPSA) is 55.1 Å². The third-order valence-corrected chi connectivity index (χ3v) is 2.84. The quantitative estimate of drug-likeness (QED) is 0.823. The molecule has 1 unspecified atom stereocenters. The fourth-order valence-electron chi connectivity index (χ4n) is 2.35. The van der Waals surface area contributed by atoms with Crippen LogP contribution in [-0.2, 0) is 4.79 Å². The Hall–Kier alpha value is -1.65. The van der Waals surface area contributed by atoms with Crippen molar-refractivity contribution in [1.29, 1.82) is 0 Å². The van der Waals surface area contributed by atoms with Gasteiger partial charge in [0.25, 0.3) is 0 Å². The highest BCUT2D eigenvalue weighted by Gasteiger charge is 2.19. The van der Waals surface area contributed by atoms with Gasteiger partial charge in [0.2, 0.25) is 5.91 Å². The molecule has 0 heterocycles. The van der Waals surface area contributed by atoms with Gasteiger partial charge in [-0.2, -0.15) is 0 Å². The predicted molar refractivity (Wildman–Crippen MR) is 77.3 cm³/mol. The van der Waals surface area contributed by atoms with Crippen LogP contribution in [0.4, 0.5) is 20.2 Å². The van der Waals surface area contributed by atoms with Crippen molar-refractivity contribution in [2.24, 2.45) is 11.3 Å². The number of carbonyl (C=O) groups is 1. The maximum atomic E-state index is 13.5. The zero-order chi connectivity index (χ0) is 15.5. The van der Waals surface area contributed by atoms with Crippen LogP contribution >= 0.6 is 0 Å². The molecule has 112 valence electrons. The lowest BCUT2D eigenvalue weighted by Gasteiger charge is -2.23. The van der Waals surface area contributed by atoms with Gasteiger partial charge < -0.3 is 11.1 Å². The number of halogens is 2. The molecule has 0 aliphatic carbocycles.